The third-order valence-corrected chi connectivity index (χ3v) is 6.54. The van der Waals surface area contributed by atoms with Crippen molar-refractivity contribution in [2.24, 2.45) is 11.8 Å². The Morgan fingerprint density at radius 2 is 1.89 bits per heavy atom. The van der Waals surface area contributed by atoms with Crippen molar-refractivity contribution in [1.29, 1.82) is 0 Å². The molecule has 0 spiro atoms. The summed E-state index contributed by atoms with van der Waals surface area (Å²) in [6.45, 7) is 4.33. The van der Waals surface area contributed by atoms with E-state index in [2.05, 4.69) is 14.8 Å². The zero-order chi connectivity index (χ0) is 19.5. The molecule has 6 nitrogen and oxygen atoms in total. The molecule has 0 unspecified atom stereocenters. The first-order chi connectivity index (χ1) is 13.6. The Balaban J connectivity index is 1.28. The van der Waals surface area contributed by atoms with Crippen LogP contribution < -0.4 is 0 Å². The van der Waals surface area contributed by atoms with Gasteiger partial charge >= 0.3 is 0 Å². The number of amides is 2. The average molecular weight is 385 g/mol. The fraction of sp³-hybridized carbons (Fsp3) is 0.682. The van der Waals surface area contributed by atoms with Crippen molar-refractivity contribution in [3.63, 3.8) is 0 Å². The molecule has 28 heavy (non-hydrogen) atoms. The molecule has 3 fully saturated rings. The minimum atomic E-state index is 0.0848. The molecule has 2 amide bonds. The molecule has 0 aromatic carbocycles. The van der Waals surface area contributed by atoms with E-state index in [0.717, 1.165) is 70.3 Å². The van der Waals surface area contributed by atoms with E-state index < -0.39 is 0 Å². The van der Waals surface area contributed by atoms with Crippen molar-refractivity contribution in [3.05, 3.63) is 30.1 Å². The van der Waals surface area contributed by atoms with E-state index in [9.17, 15) is 9.59 Å². The first-order valence-corrected chi connectivity index (χ1v) is 10.8. The van der Waals surface area contributed by atoms with Gasteiger partial charge in [0.25, 0.3) is 0 Å². The fourth-order valence-electron chi connectivity index (χ4n) is 4.73. The molecule has 1 saturated carbocycles. The molecular formula is C22H32N4O2. The predicted octanol–water partition coefficient (Wildman–Crippen LogP) is 2.15. The van der Waals surface area contributed by atoms with E-state index in [1.54, 1.807) is 6.20 Å². The molecule has 2 saturated heterocycles. The summed E-state index contributed by atoms with van der Waals surface area (Å²) in [5, 5.41) is 0. The van der Waals surface area contributed by atoms with Gasteiger partial charge in [-0.1, -0.05) is 6.07 Å². The molecule has 1 aromatic heterocycles. The van der Waals surface area contributed by atoms with Gasteiger partial charge < -0.3 is 9.80 Å². The van der Waals surface area contributed by atoms with Gasteiger partial charge in [-0.2, -0.15) is 0 Å². The minimum absolute atomic E-state index is 0.0848. The van der Waals surface area contributed by atoms with E-state index in [-0.39, 0.29) is 11.8 Å². The normalized spacial score (nSPS) is 24.2. The maximum atomic E-state index is 13.0. The third kappa shape index (κ3) is 4.54. The second-order valence-electron chi connectivity index (χ2n) is 8.72. The standard InChI is InChI=1S/C22H32N4O2/c1-24(15-17-4-2-10-23-14-17)21(27)19-5-3-11-26(16-19)20-8-12-25(13-9-20)22(28)18-6-7-18/h2,4,10,14,18-20H,3,5-9,11-13,15-16H2,1H3/t19-/m1/s1. The Bertz CT molecular complexity index is 683. The monoisotopic (exact) mass is 384 g/mol. The lowest BCUT2D eigenvalue weighted by atomic mass is 9.92. The molecule has 3 heterocycles. The summed E-state index contributed by atoms with van der Waals surface area (Å²) in [7, 11) is 1.90. The van der Waals surface area contributed by atoms with Crippen LogP contribution >= 0.6 is 0 Å². The zero-order valence-corrected chi connectivity index (χ0v) is 16.9. The number of rotatable bonds is 5. The van der Waals surface area contributed by atoms with E-state index in [4.69, 9.17) is 0 Å². The molecule has 0 radical (unpaired) electrons. The second-order valence-corrected chi connectivity index (χ2v) is 8.72. The van der Waals surface area contributed by atoms with Crippen LogP contribution in [0.25, 0.3) is 0 Å². The number of nitrogens with zero attached hydrogens (tertiary/aromatic N) is 4. The number of hydrogen-bond donors (Lipinski definition) is 0. The van der Waals surface area contributed by atoms with Gasteiger partial charge in [-0.05, 0) is 56.7 Å². The van der Waals surface area contributed by atoms with Crippen LogP contribution in [0.4, 0.5) is 0 Å². The van der Waals surface area contributed by atoms with Crippen LogP contribution in [0.15, 0.2) is 24.5 Å². The minimum Gasteiger partial charge on any atom is -0.342 e. The highest BCUT2D eigenvalue weighted by atomic mass is 16.2. The Labute approximate surface area is 167 Å². The summed E-state index contributed by atoms with van der Waals surface area (Å²) in [6.07, 6.45) is 9.91. The number of pyridine rings is 1. The van der Waals surface area contributed by atoms with Gasteiger partial charge in [-0.3, -0.25) is 19.5 Å². The van der Waals surface area contributed by atoms with E-state index in [1.807, 2.05) is 30.3 Å². The summed E-state index contributed by atoms with van der Waals surface area (Å²) in [5.41, 5.74) is 1.07. The Morgan fingerprint density at radius 3 is 2.57 bits per heavy atom. The number of piperidine rings is 2. The zero-order valence-electron chi connectivity index (χ0n) is 16.9. The Kier molecular flexibility index (Phi) is 5.95. The Morgan fingerprint density at radius 1 is 1.11 bits per heavy atom. The number of hydrogen-bond acceptors (Lipinski definition) is 4. The van der Waals surface area contributed by atoms with Crippen molar-refractivity contribution >= 4 is 11.8 Å². The average Bonchev–Trinajstić information content (AvgIpc) is 3.59. The number of aromatic nitrogens is 1. The van der Waals surface area contributed by atoms with Crippen LogP contribution in [0.1, 0.15) is 44.1 Å². The number of carbonyl (C=O) groups excluding carboxylic acids is 2. The first-order valence-electron chi connectivity index (χ1n) is 10.8. The molecule has 0 bridgehead atoms. The molecule has 6 heteroatoms. The highest BCUT2D eigenvalue weighted by molar-refractivity contribution is 5.81. The largest absolute Gasteiger partial charge is 0.342 e. The maximum Gasteiger partial charge on any atom is 0.227 e. The number of carbonyl (C=O) groups is 2. The van der Waals surface area contributed by atoms with Gasteiger partial charge in [-0.25, -0.2) is 0 Å². The van der Waals surface area contributed by atoms with Crippen LogP contribution in [0, 0.1) is 11.8 Å². The van der Waals surface area contributed by atoms with Crippen molar-refractivity contribution in [3.8, 4) is 0 Å². The molecule has 152 valence electrons. The van der Waals surface area contributed by atoms with Gasteiger partial charge in [0.1, 0.15) is 0 Å². The van der Waals surface area contributed by atoms with Crippen molar-refractivity contribution < 1.29 is 9.59 Å². The highest BCUT2D eigenvalue weighted by Crippen LogP contribution is 2.32. The Hall–Kier alpha value is -1.95. The maximum absolute atomic E-state index is 13.0. The third-order valence-electron chi connectivity index (χ3n) is 6.54. The molecule has 1 aliphatic carbocycles. The van der Waals surface area contributed by atoms with Crippen molar-refractivity contribution in [2.45, 2.75) is 51.1 Å². The lowest BCUT2D eigenvalue weighted by molar-refractivity contribution is -0.137. The summed E-state index contributed by atoms with van der Waals surface area (Å²) in [4.78, 5) is 35.8. The van der Waals surface area contributed by atoms with Gasteiger partial charge in [0.15, 0.2) is 0 Å². The van der Waals surface area contributed by atoms with Crippen molar-refractivity contribution in [1.82, 2.24) is 19.7 Å². The lowest BCUT2D eigenvalue weighted by Gasteiger charge is -2.42. The topological polar surface area (TPSA) is 56.8 Å². The number of likely N-dealkylation sites (tertiary alicyclic amines) is 2. The van der Waals surface area contributed by atoms with Crippen LogP contribution in [-0.2, 0) is 16.1 Å². The molecule has 2 aliphatic heterocycles. The van der Waals surface area contributed by atoms with E-state index >= 15 is 0 Å². The SMILES string of the molecule is CN(Cc1cccnc1)C(=O)[C@@H]1CCCN(C2CCN(C(=O)C3CC3)CC2)C1. The summed E-state index contributed by atoms with van der Waals surface area (Å²) in [5.74, 6) is 1.03. The summed E-state index contributed by atoms with van der Waals surface area (Å²) >= 11 is 0. The van der Waals surface area contributed by atoms with Gasteiger partial charge in [0.05, 0.1) is 5.92 Å². The first kappa shape index (κ1) is 19.4. The fourth-order valence-corrected chi connectivity index (χ4v) is 4.73. The predicted molar refractivity (Wildman–Crippen MR) is 107 cm³/mol. The molecule has 1 atom stereocenters. The summed E-state index contributed by atoms with van der Waals surface area (Å²) < 4.78 is 0. The second kappa shape index (κ2) is 8.60. The van der Waals surface area contributed by atoms with Crippen molar-refractivity contribution in [2.75, 3.05) is 33.2 Å². The van der Waals surface area contributed by atoms with Gasteiger partial charge in [-0.15, -0.1) is 0 Å². The van der Waals surface area contributed by atoms with Crippen LogP contribution in [0.3, 0.4) is 0 Å². The van der Waals surface area contributed by atoms with Crippen LogP contribution in [-0.4, -0.2) is 70.8 Å². The van der Waals surface area contributed by atoms with E-state index in [0.29, 0.717) is 24.4 Å². The molecule has 4 rings (SSSR count). The van der Waals surface area contributed by atoms with Crippen LogP contribution in [0.5, 0.6) is 0 Å². The van der Waals surface area contributed by atoms with E-state index in [1.165, 1.54) is 0 Å². The quantitative estimate of drug-likeness (QED) is 0.781. The molecule has 1 aromatic rings. The van der Waals surface area contributed by atoms with Crippen LogP contribution in [0.2, 0.25) is 0 Å². The molecular weight excluding hydrogens is 352 g/mol. The smallest absolute Gasteiger partial charge is 0.227 e. The lowest BCUT2D eigenvalue weighted by Crippen LogP contribution is -2.51. The summed E-state index contributed by atoms with van der Waals surface area (Å²) in [6, 6.07) is 4.44. The molecule has 0 N–H and O–H groups in total. The van der Waals surface area contributed by atoms with Gasteiger partial charge in [0.2, 0.25) is 11.8 Å². The van der Waals surface area contributed by atoms with Gasteiger partial charge in [0, 0.05) is 57.6 Å². The molecule has 3 aliphatic rings. The highest BCUT2D eigenvalue weighted by Gasteiger charge is 2.37.